The van der Waals surface area contributed by atoms with Crippen molar-refractivity contribution in [3.63, 3.8) is 0 Å². The average molecular weight is 290 g/mol. The Kier molecular flexibility index (Phi) is 4.74. The number of aryl methyl sites for hydroxylation is 2. The molecule has 21 heavy (non-hydrogen) atoms. The predicted molar refractivity (Wildman–Crippen MR) is 80.9 cm³/mol. The summed E-state index contributed by atoms with van der Waals surface area (Å²) in [5.74, 6) is 0.529. The number of hydrogen-bond acceptors (Lipinski definition) is 4. The Labute approximate surface area is 124 Å². The van der Waals surface area contributed by atoms with Crippen LogP contribution in [-0.4, -0.2) is 44.9 Å². The summed E-state index contributed by atoms with van der Waals surface area (Å²) in [5.41, 5.74) is 3.16. The smallest absolute Gasteiger partial charge is 0.225 e. The van der Waals surface area contributed by atoms with Crippen LogP contribution >= 0.6 is 0 Å². The normalized spacial score (nSPS) is 11.1. The molecule has 0 unspecified atom stereocenters. The highest BCUT2D eigenvalue weighted by Gasteiger charge is 2.09. The highest BCUT2D eigenvalue weighted by Crippen LogP contribution is 2.10. The molecule has 0 bridgehead atoms. The lowest BCUT2D eigenvalue weighted by Gasteiger charge is -2.05. The van der Waals surface area contributed by atoms with Gasteiger partial charge in [-0.2, -0.15) is 10.2 Å². The maximum Gasteiger partial charge on any atom is 0.225 e. The Balaban J connectivity index is 1.84. The number of nitrogens with zero attached hydrogens (tertiary/aromatic N) is 4. The van der Waals surface area contributed by atoms with E-state index in [4.69, 9.17) is 0 Å². The number of rotatable bonds is 6. The molecule has 0 atom stereocenters. The zero-order valence-electron chi connectivity index (χ0n) is 13.0. The first-order valence-corrected chi connectivity index (χ1v) is 6.92. The Hall–Kier alpha value is -2.15. The first-order chi connectivity index (χ1) is 9.95. The molecular weight excluding hydrogens is 268 g/mol. The second-order valence-electron chi connectivity index (χ2n) is 5.44. The van der Waals surface area contributed by atoms with Gasteiger partial charge in [0.1, 0.15) is 0 Å². The van der Waals surface area contributed by atoms with Crippen LogP contribution in [0.25, 0.3) is 0 Å². The molecule has 0 saturated carbocycles. The van der Waals surface area contributed by atoms with Gasteiger partial charge < -0.3 is 10.2 Å². The van der Waals surface area contributed by atoms with Crippen molar-refractivity contribution < 1.29 is 4.79 Å². The minimum atomic E-state index is -0.0406. The van der Waals surface area contributed by atoms with Crippen molar-refractivity contribution in [2.75, 3.05) is 19.4 Å². The number of anilines is 1. The lowest BCUT2D eigenvalue weighted by Crippen LogP contribution is -2.13. The standard InChI is InChI=1S/C14H22N6O/c1-10-11(8-15-20(10)4)5-6-14(21)16-13-7-12(17-18-13)9-19(2)3/h7-8H,5-6,9H2,1-4H3,(H2,16,17,18,21). The van der Waals surface area contributed by atoms with Crippen molar-refractivity contribution in [1.29, 1.82) is 0 Å². The molecule has 0 aliphatic rings. The van der Waals surface area contributed by atoms with Gasteiger partial charge in [0.25, 0.3) is 0 Å². The molecule has 0 saturated heterocycles. The second kappa shape index (κ2) is 6.53. The van der Waals surface area contributed by atoms with Gasteiger partial charge in [0.05, 0.1) is 11.9 Å². The lowest BCUT2D eigenvalue weighted by atomic mass is 10.1. The van der Waals surface area contributed by atoms with Gasteiger partial charge in [-0.3, -0.25) is 14.6 Å². The minimum Gasteiger partial charge on any atom is -0.309 e. The molecule has 1 amide bonds. The summed E-state index contributed by atoms with van der Waals surface area (Å²) in [5, 5.41) is 14.0. The van der Waals surface area contributed by atoms with E-state index in [1.165, 1.54) is 0 Å². The Morgan fingerprint density at radius 3 is 2.86 bits per heavy atom. The number of carbonyl (C=O) groups excluding carboxylic acids is 1. The van der Waals surface area contributed by atoms with E-state index >= 15 is 0 Å². The van der Waals surface area contributed by atoms with Gasteiger partial charge in [-0.25, -0.2) is 0 Å². The number of aromatic nitrogens is 4. The molecule has 2 N–H and O–H groups in total. The molecule has 0 radical (unpaired) electrons. The van der Waals surface area contributed by atoms with Crippen molar-refractivity contribution in [2.24, 2.45) is 7.05 Å². The molecule has 7 nitrogen and oxygen atoms in total. The Bertz CT molecular complexity index is 613. The molecule has 0 fully saturated rings. The van der Waals surface area contributed by atoms with Crippen LogP contribution in [0.3, 0.4) is 0 Å². The van der Waals surface area contributed by atoms with Gasteiger partial charge in [0.15, 0.2) is 5.82 Å². The first kappa shape index (κ1) is 15.2. The number of aromatic amines is 1. The molecule has 2 aromatic heterocycles. The summed E-state index contributed by atoms with van der Waals surface area (Å²) >= 11 is 0. The molecule has 2 aromatic rings. The number of H-pyrrole nitrogens is 1. The first-order valence-electron chi connectivity index (χ1n) is 6.92. The molecule has 2 rings (SSSR count). The fourth-order valence-electron chi connectivity index (χ4n) is 2.09. The topological polar surface area (TPSA) is 78.8 Å². The zero-order valence-corrected chi connectivity index (χ0v) is 13.0. The second-order valence-corrected chi connectivity index (χ2v) is 5.44. The average Bonchev–Trinajstić information content (AvgIpc) is 2.96. The Morgan fingerprint density at radius 1 is 1.48 bits per heavy atom. The molecule has 0 aliphatic heterocycles. The molecule has 0 aliphatic carbocycles. The number of hydrogen-bond donors (Lipinski definition) is 2. The van der Waals surface area contributed by atoms with Gasteiger partial charge in [-0.15, -0.1) is 0 Å². The van der Waals surface area contributed by atoms with Crippen LogP contribution in [0.5, 0.6) is 0 Å². The van der Waals surface area contributed by atoms with Crippen LogP contribution in [-0.2, 0) is 24.8 Å². The van der Waals surface area contributed by atoms with E-state index < -0.39 is 0 Å². The molecule has 7 heteroatoms. The van der Waals surface area contributed by atoms with E-state index in [0.29, 0.717) is 18.7 Å². The highest BCUT2D eigenvalue weighted by molar-refractivity contribution is 5.89. The summed E-state index contributed by atoms with van der Waals surface area (Å²) in [6.07, 6.45) is 2.91. The molecule has 0 aromatic carbocycles. The van der Waals surface area contributed by atoms with Crippen LogP contribution in [0.15, 0.2) is 12.3 Å². The van der Waals surface area contributed by atoms with Gasteiger partial charge >= 0.3 is 0 Å². The quantitative estimate of drug-likeness (QED) is 0.834. The maximum absolute atomic E-state index is 11.9. The third-order valence-electron chi connectivity index (χ3n) is 3.34. The minimum absolute atomic E-state index is 0.0406. The summed E-state index contributed by atoms with van der Waals surface area (Å²) in [6, 6.07) is 1.85. The van der Waals surface area contributed by atoms with E-state index in [-0.39, 0.29) is 5.91 Å². The van der Waals surface area contributed by atoms with Crippen molar-refractivity contribution in [3.8, 4) is 0 Å². The van der Waals surface area contributed by atoms with E-state index in [0.717, 1.165) is 23.5 Å². The van der Waals surface area contributed by atoms with Crippen LogP contribution in [0.4, 0.5) is 5.82 Å². The largest absolute Gasteiger partial charge is 0.309 e. The van der Waals surface area contributed by atoms with Gasteiger partial charge in [0, 0.05) is 31.8 Å². The number of nitrogens with one attached hydrogen (secondary N) is 2. The van der Waals surface area contributed by atoms with Crippen LogP contribution in [0, 0.1) is 6.92 Å². The fraction of sp³-hybridized carbons (Fsp3) is 0.500. The predicted octanol–water partition coefficient (Wildman–Crippen LogP) is 1.08. The van der Waals surface area contributed by atoms with E-state index in [1.54, 1.807) is 0 Å². The van der Waals surface area contributed by atoms with Crippen molar-refractivity contribution in [2.45, 2.75) is 26.3 Å². The van der Waals surface area contributed by atoms with Gasteiger partial charge in [-0.1, -0.05) is 0 Å². The molecule has 114 valence electrons. The summed E-state index contributed by atoms with van der Waals surface area (Å²) in [4.78, 5) is 14.0. The molecule has 2 heterocycles. The SMILES string of the molecule is Cc1c(CCC(=O)Nc2cc(CN(C)C)[nH]n2)cnn1C. The monoisotopic (exact) mass is 290 g/mol. The summed E-state index contributed by atoms with van der Waals surface area (Å²) in [7, 11) is 5.86. The maximum atomic E-state index is 11.9. The van der Waals surface area contributed by atoms with E-state index in [2.05, 4.69) is 20.6 Å². The van der Waals surface area contributed by atoms with Crippen LogP contribution in [0.1, 0.15) is 23.4 Å². The number of carbonyl (C=O) groups is 1. The summed E-state index contributed by atoms with van der Waals surface area (Å²) in [6.45, 7) is 2.76. The van der Waals surface area contributed by atoms with Crippen LogP contribution in [0.2, 0.25) is 0 Å². The third kappa shape index (κ3) is 4.16. The van der Waals surface area contributed by atoms with E-state index in [1.807, 2.05) is 49.9 Å². The number of amides is 1. The Morgan fingerprint density at radius 2 is 2.24 bits per heavy atom. The highest BCUT2D eigenvalue weighted by atomic mass is 16.1. The molecular formula is C14H22N6O. The lowest BCUT2D eigenvalue weighted by molar-refractivity contribution is -0.116. The van der Waals surface area contributed by atoms with E-state index in [9.17, 15) is 4.79 Å². The van der Waals surface area contributed by atoms with Crippen LogP contribution < -0.4 is 5.32 Å². The van der Waals surface area contributed by atoms with Crippen molar-refractivity contribution in [3.05, 3.63) is 29.2 Å². The van der Waals surface area contributed by atoms with Gasteiger partial charge in [-0.05, 0) is 33.0 Å². The van der Waals surface area contributed by atoms with Crippen molar-refractivity contribution >= 4 is 11.7 Å². The zero-order chi connectivity index (χ0) is 15.4. The van der Waals surface area contributed by atoms with Crippen molar-refractivity contribution in [1.82, 2.24) is 24.9 Å². The fourth-order valence-corrected chi connectivity index (χ4v) is 2.09. The molecule has 0 spiro atoms. The summed E-state index contributed by atoms with van der Waals surface area (Å²) < 4.78 is 1.81. The van der Waals surface area contributed by atoms with Gasteiger partial charge in [0.2, 0.25) is 5.91 Å². The third-order valence-corrected chi connectivity index (χ3v) is 3.34.